The van der Waals surface area contributed by atoms with E-state index in [9.17, 15) is 9.59 Å². The fraction of sp³-hybridized carbons (Fsp3) is 0.278. The zero-order chi connectivity index (χ0) is 16.9. The molecule has 0 saturated carbocycles. The number of hydrogen-bond acceptors (Lipinski definition) is 4. The summed E-state index contributed by atoms with van der Waals surface area (Å²) >= 11 is 1.42. The Hall–Kier alpha value is -2.65. The number of nitrogens with one attached hydrogen (secondary N) is 1. The summed E-state index contributed by atoms with van der Waals surface area (Å²) < 4.78 is 0. The molecule has 2 aromatic rings. The number of amides is 2. The van der Waals surface area contributed by atoms with Crippen LogP contribution in [-0.4, -0.2) is 29.8 Å². The first kappa shape index (κ1) is 16.2. The summed E-state index contributed by atoms with van der Waals surface area (Å²) in [7, 11) is 0. The standard InChI is InChI=1S/C18H17N3O2S/c19-11-13-5-7-15(8-6-13)20-17(22)14-3-1-9-21(12-14)18(23)16-4-2-10-24-16/h2,4-8,10,14H,1,3,9,12H2,(H,20,22). The first-order chi connectivity index (χ1) is 11.7. The Morgan fingerprint density at radius 1 is 1.25 bits per heavy atom. The fourth-order valence-electron chi connectivity index (χ4n) is 2.80. The van der Waals surface area contributed by atoms with Crippen molar-refractivity contribution in [2.24, 2.45) is 5.92 Å². The lowest BCUT2D eigenvalue weighted by Gasteiger charge is -2.31. The van der Waals surface area contributed by atoms with E-state index >= 15 is 0 Å². The normalized spacial score (nSPS) is 17.1. The van der Waals surface area contributed by atoms with E-state index < -0.39 is 0 Å². The molecule has 0 bridgehead atoms. The summed E-state index contributed by atoms with van der Waals surface area (Å²) in [6.07, 6.45) is 1.60. The number of carbonyl (C=O) groups excluding carboxylic acids is 2. The number of thiophene rings is 1. The maximum atomic E-state index is 12.5. The van der Waals surface area contributed by atoms with Gasteiger partial charge in [0.15, 0.2) is 0 Å². The van der Waals surface area contributed by atoms with Crippen molar-refractivity contribution in [1.82, 2.24) is 4.90 Å². The number of nitriles is 1. The van der Waals surface area contributed by atoms with E-state index in [-0.39, 0.29) is 17.7 Å². The number of anilines is 1. The topological polar surface area (TPSA) is 73.2 Å². The Morgan fingerprint density at radius 3 is 2.71 bits per heavy atom. The molecule has 6 heteroatoms. The monoisotopic (exact) mass is 339 g/mol. The molecule has 122 valence electrons. The minimum atomic E-state index is -0.210. The van der Waals surface area contributed by atoms with Crippen molar-refractivity contribution in [2.75, 3.05) is 18.4 Å². The number of rotatable bonds is 3. The van der Waals surface area contributed by atoms with Gasteiger partial charge in [0.1, 0.15) is 0 Å². The first-order valence-electron chi connectivity index (χ1n) is 7.81. The Bertz CT molecular complexity index is 763. The highest BCUT2D eigenvalue weighted by molar-refractivity contribution is 7.12. The molecule has 3 rings (SSSR count). The van der Waals surface area contributed by atoms with Crippen LogP contribution in [0.2, 0.25) is 0 Å². The molecule has 1 aromatic heterocycles. The Kier molecular flexibility index (Phi) is 4.92. The maximum absolute atomic E-state index is 12.5. The quantitative estimate of drug-likeness (QED) is 0.934. The van der Waals surface area contributed by atoms with E-state index in [0.29, 0.717) is 29.2 Å². The summed E-state index contributed by atoms with van der Waals surface area (Å²) in [5.41, 5.74) is 1.22. The lowest BCUT2D eigenvalue weighted by atomic mass is 9.97. The maximum Gasteiger partial charge on any atom is 0.263 e. The summed E-state index contributed by atoms with van der Waals surface area (Å²) in [6, 6.07) is 12.5. The molecule has 1 fully saturated rings. The Labute approximate surface area is 144 Å². The van der Waals surface area contributed by atoms with Crippen molar-refractivity contribution in [2.45, 2.75) is 12.8 Å². The minimum absolute atomic E-state index is 0.000808. The molecule has 1 unspecified atom stereocenters. The molecule has 1 aliphatic rings. The molecule has 0 aliphatic carbocycles. The Morgan fingerprint density at radius 2 is 2.04 bits per heavy atom. The van der Waals surface area contributed by atoms with E-state index in [2.05, 4.69) is 5.32 Å². The van der Waals surface area contributed by atoms with Gasteiger partial charge in [-0.05, 0) is 48.6 Å². The van der Waals surface area contributed by atoms with Crippen LogP contribution in [0.15, 0.2) is 41.8 Å². The molecule has 2 heterocycles. The molecule has 5 nitrogen and oxygen atoms in total. The third kappa shape index (κ3) is 3.63. The smallest absolute Gasteiger partial charge is 0.263 e. The van der Waals surface area contributed by atoms with Crippen LogP contribution in [0.5, 0.6) is 0 Å². The number of piperidine rings is 1. The molecule has 24 heavy (non-hydrogen) atoms. The largest absolute Gasteiger partial charge is 0.337 e. The number of nitrogens with zero attached hydrogens (tertiary/aromatic N) is 2. The highest BCUT2D eigenvalue weighted by Crippen LogP contribution is 2.22. The van der Waals surface area contributed by atoms with Gasteiger partial charge < -0.3 is 10.2 Å². The van der Waals surface area contributed by atoms with E-state index in [4.69, 9.17) is 5.26 Å². The minimum Gasteiger partial charge on any atom is -0.337 e. The van der Waals surface area contributed by atoms with Crippen LogP contribution in [0.25, 0.3) is 0 Å². The molecule has 1 aromatic carbocycles. The van der Waals surface area contributed by atoms with Crippen molar-refractivity contribution in [1.29, 1.82) is 5.26 Å². The van der Waals surface area contributed by atoms with Gasteiger partial charge in [-0.15, -0.1) is 11.3 Å². The van der Waals surface area contributed by atoms with E-state index in [1.807, 2.05) is 23.6 Å². The molecule has 0 radical (unpaired) electrons. The van der Waals surface area contributed by atoms with E-state index in [0.717, 1.165) is 12.8 Å². The Balaban J connectivity index is 1.62. The third-order valence-corrected chi connectivity index (χ3v) is 4.95. The van der Waals surface area contributed by atoms with Crippen LogP contribution in [0.3, 0.4) is 0 Å². The van der Waals surface area contributed by atoms with Gasteiger partial charge in [-0.25, -0.2) is 0 Å². The van der Waals surface area contributed by atoms with E-state index in [1.165, 1.54) is 11.3 Å². The second kappa shape index (κ2) is 7.28. The van der Waals surface area contributed by atoms with Crippen molar-refractivity contribution < 1.29 is 9.59 Å². The van der Waals surface area contributed by atoms with Crippen LogP contribution < -0.4 is 5.32 Å². The lowest BCUT2D eigenvalue weighted by molar-refractivity contribution is -0.121. The van der Waals surface area contributed by atoms with Gasteiger partial charge in [-0.2, -0.15) is 5.26 Å². The first-order valence-corrected chi connectivity index (χ1v) is 8.69. The van der Waals surface area contributed by atoms with Crippen LogP contribution in [0, 0.1) is 17.2 Å². The average Bonchev–Trinajstić information content (AvgIpc) is 3.16. The van der Waals surface area contributed by atoms with Crippen LogP contribution in [0.1, 0.15) is 28.1 Å². The molecular weight excluding hydrogens is 322 g/mol. The summed E-state index contributed by atoms with van der Waals surface area (Å²) in [5.74, 6) is -0.289. The average molecular weight is 339 g/mol. The number of benzene rings is 1. The van der Waals surface area contributed by atoms with Gasteiger partial charge in [0, 0.05) is 18.8 Å². The molecule has 0 spiro atoms. The molecule has 1 atom stereocenters. The highest BCUT2D eigenvalue weighted by Gasteiger charge is 2.29. The molecule has 2 amide bonds. The van der Waals surface area contributed by atoms with Crippen molar-refractivity contribution in [3.05, 3.63) is 52.2 Å². The van der Waals surface area contributed by atoms with Gasteiger partial charge in [-0.3, -0.25) is 9.59 Å². The van der Waals surface area contributed by atoms with Gasteiger partial charge >= 0.3 is 0 Å². The van der Waals surface area contributed by atoms with E-state index in [1.54, 1.807) is 29.2 Å². The lowest BCUT2D eigenvalue weighted by Crippen LogP contribution is -2.43. The summed E-state index contributed by atoms with van der Waals surface area (Å²) in [5, 5.41) is 13.6. The van der Waals surface area contributed by atoms with Crippen LogP contribution in [-0.2, 0) is 4.79 Å². The van der Waals surface area contributed by atoms with Crippen molar-refractivity contribution in [3.63, 3.8) is 0 Å². The van der Waals surface area contributed by atoms with Gasteiger partial charge in [-0.1, -0.05) is 6.07 Å². The zero-order valence-electron chi connectivity index (χ0n) is 13.1. The van der Waals surface area contributed by atoms with Crippen LogP contribution in [0.4, 0.5) is 5.69 Å². The molecule has 1 N–H and O–H groups in total. The zero-order valence-corrected chi connectivity index (χ0v) is 13.9. The van der Waals surface area contributed by atoms with Crippen molar-refractivity contribution >= 4 is 28.8 Å². The van der Waals surface area contributed by atoms with Crippen molar-refractivity contribution in [3.8, 4) is 6.07 Å². The van der Waals surface area contributed by atoms with Gasteiger partial charge in [0.25, 0.3) is 5.91 Å². The van der Waals surface area contributed by atoms with Gasteiger partial charge in [0.05, 0.1) is 22.4 Å². The molecule has 1 saturated heterocycles. The number of carbonyl (C=O) groups is 2. The third-order valence-electron chi connectivity index (χ3n) is 4.09. The second-order valence-corrected chi connectivity index (χ2v) is 6.69. The SMILES string of the molecule is N#Cc1ccc(NC(=O)C2CCCN(C(=O)c3cccs3)C2)cc1. The predicted molar refractivity (Wildman–Crippen MR) is 92.7 cm³/mol. The number of likely N-dealkylation sites (tertiary alicyclic amines) is 1. The van der Waals surface area contributed by atoms with Gasteiger partial charge in [0.2, 0.25) is 5.91 Å². The molecular formula is C18H17N3O2S. The predicted octanol–water partition coefficient (Wildman–Crippen LogP) is 3.11. The summed E-state index contributed by atoms with van der Waals surface area (Å²) in [6.45, 7) is 1.14. The summed E-state index contributed by atoms with van der Waals surface area (Å²) in [4.78, 5) is 27.4. The molecule has 1 aliphatic heterocycles. The second-order valence-electron chi connectivity index (χ2n) is 5.75. The fourth-order valence-corrected chi connectivity index (χ4v) is 3.49. The highest BCUT2D eigenvalue weighted by atomic mass is 32.1. The number of hydrogen-bond donors (Lipinski definition) is 1. The van der Waals surface area contributed by atoms with Crippen LogP contribution >= 0.6 is 11.3 Å².